The van der Waals surface area contributed by atoms with Crippen LogP contribution < -0.4 is 5.32 Å². The highest BCUT2D eigenvalue weighted by atomic mass is 32.1. The van der Waals surface area contributed by atoms with Gasteiger partial charge in [-0.05, 0) is 31.2 Å². The van der Waals surface area contributed by atoms with Crippen molar-refractivity contribution in [2.45, 2.75) is 51.6 Å². The molecule has 0 saturated heterocycles. The third kappa shape index (κ3) is 5.60. The quantitative estimate of drug-likeness (QED) is 0.740. The van der Waals surface area contributed by atoms with Gasteiger partial charge in [-0.1, -0.05) is 6.07 Å². The zero-order chi connectivity index (χ0) is 21.9. The van der Waals surface area contributed by atoms with Crippen molar-refractivity contribution in [2.75, 3.05) is 6.54 Å². The fourth-order valence-electron chi connectivity index (χ4n) is 3.23. The van der Waals surface area contributed by atoms with E-state index in [0.29, 0.717) is 12.6 Å². The summed E-state index contributed by atoms with van der Waals surface area (Å²) in [5.41, 5.74) is 1.12. The number of amides is 1. The van der Waals surface area contributed by atoms with Crippen LogP contribution in [0.1, 0.15) is 42.2 Å². The average molecular weight is 444 g/mol. The number of halogens is 3. The van der Waals surface area contributed by atoms with Gasteiger partial charge in [0.2, 0.25) is 5.91 Å². The minimum absolute atomic E-state index is 0.198. The lowest BCUT2D eigenvalue weighted by molar-refractivity contribution is -0.192. The summed E-state index contributed by atoms with van der Waals surface area (Å²) >= 11 is 1.81. The van der Waals surface area contributed by atoms with Gasteiger partial charge in [0.15, 0.2) is 0 Å². The maximum Gasteiger partial charge on any atom is 0.490 e. The zero-order valence-electron chi connectivity index (χ0n) is 16.4. The Balaban J connectivity index is 0.000000318. The molecular formula is C19H23F3N4O3S. The molecule has 0 radical (unpaired) electrons. The Morgan fingerprint density at radius 3 is 2.60 bits per heavy atom. The molecule has 164 valence electrons. The van der Waals surface area contributed by atoms with Crippen molar-refractivity contribution in [1.29, 1.82) is 0 Å². The summed E-state index contributed by atoms with van der Waals surface area (Å²) in [6.07, 6.45) is -1.07. The van der Waals surface area contributed by atoms with Gasteiger partial charge in [0, 0.05) is 30.4 Å². The fraction of sp³-hybridized carbons (Fsp3) is 0.526. The predicted molar refractivity (Wildman–Crippen MR) is 104 cm³/mol. The second kappa shape index (κ2) is 9.17. The number of carboxylic acid groups (broad SMARTS) is 1. The van der Waals surface area contributed by atoms with Gasteiger partial charge < -0.3 is 15.0 Å². The first-order chi connectivity index (χ1) is 14.2. The number of aromatic nitrogens is 2. The van der Waals surface area contributed by atoms with E-state index in [2.05, 4.69) is 44.2 Å². The third-order valence-corrected chi connectivity index (χ3v) is 5.94. The monoisotopic (exact) mass is 444 g/mol. The van der Waals surface area contributed by atoms with Crippen molar-refractivity contribution in [3.8, 4) is 0 Å². The van der Waals surface area contributed by atoms with Gasteiger partial charge in [-0.2, -0.15) is 13.2 Å². The van der Waals surface area contributed by atoms with Crippen LogP contribution in [-0.2, 0) is 29.2 Å². The zero-order valence-corrected chi connectivity index (χ0v) is 17.2. The maximum absolute atomic E-state index is 11.8. The summed E-state index contributed by atoms with van der Waals surface area (Å²) in [5, 5.41) is 12.3. The molecule has 1 aliphatic carbocycles. The van der Waals surface area contributed by atoms with E-state index in [-0.39, 0.29) is 11.8 Å². The maximum atomic E-state index is 11.8. The van der Waals surface area contributed by atoms with Crippen LogP contribution in [0.5, 0.6) is 0 Å². The molecule has 2 aromatic rings. The van der Waals surface area contributed by atoms with Gasteiger partial charge in [0.1, 0.15) is 5.82 Å². The molecule has 1 atom stereocenters. The van der Waals surface area contributed by atoms with Crippen molar-refractivity contribution in [3.63, 3.8) is 0 Å². The lowest BCUT2D eigenvalue weighted by Gasteiger charge is -2.34. The van der Waals surface area contributed by atoms with Gasteiger partial charge in [0.05, 0.1) is 24.5 Å². The van der Waals surface area contributed by atoms with Crippen molar-refractivity contribution in [2.24, 2.45) is 5.92 Å². The van der Waals surface area contributed by atoms with E-state index in [0.717, 1.165) is 44.0 Å². The SMILES string of the molecule is CC1c2ncc(CNC(=O)C3CC3)n2CCN1Cc1cccs1.O=C(O)C(F)(F)F. The van der Waals surface area contributed by atoms with E-state index in [9.17, 15) is 18.0 Å². The van der Waals surface area contributed by atoms with E-state index in [4.69, 9.17) is 9.90 Å². The minimum Gasteiger partial charge on any atom is -0.475 e. The number of hydrogen-bond donors (Lipinski definition) is 2. The lowest BCUT2D eigenvalue weighted by Crippen LogP contribution is -2.37. The van der Waals surface area contributed by atoms with Gasteiger partial charge in [-0.3, -0.25) is 9.69 Å². The van der Waals surface area contributed by atoms with Crippen molar-refractivity contribution in [1.82, 2.24) is 19.8 Å². The molecule has 1 amide bonds. The summed E-state index contributed by atoms with van der Waals surface area (Å²) in [6, 6.07) is 4.60. The molecule has 1 unspecified atom stereocenters. The normalized spacial score (nSPS) is 18.9. The summed E-state index contributed by atoms with van der Waals surface area (Å²) < 4.78 is 34.0. The Morgan fingerprint density at radius 2 is 2.03 bits per heavy atom. The first kappa shape index (κ1) is 22.3. The molecule has 30 heavy (non-hydrogen) atoms. The highest BCUT2D eigenvalue weighted by Gasteiger charge is 2.38. The summed E-state index contributed by atoms with van der Waals surface area (Å²) in [6.45, 7) is 5.77. The van der Waals surface area contributed by atoms with Gasteiger partial charge in [-0.15, -0.1) is 11.3 Å². The number of carboxylic acids is 1. The van der Waals surface area contributed by atoms with Crippen molar-refractivity contribution < 1.29 is 27.9 Å². The largest absolute Gasteiger partial charge is 0.490 e. The molecule has 1 aliphatic heterocycles. The van der Waals surface area contributed by atoms with Gasteiger partial charge >= 0.3 is 12.1 Å². The van der Waals surface area contributed by atoms with E-state index in [1.54, 1.807) is 0 Å². The molecule has 0 spiro atoms. The van der Waals surface area contributed by atoms with Gasteiger partial charge in [0.25, 0.3) is 0 Å². The number of carbonyl (C=O) groups excluding carboxylic acids is 1. The molecular weight excluding hydrogens is 421 g/mol. The molecule has 11 heteroatoms. The van der Waals surface area contributed by atoms with Crippen LogP contribution in [0, 0.1) is 5.92 Å². The lowest BCUT2D eigenvalue weighted by atomic mass is 10.2. The Labute approximate surface area is 175 Å². The van der Waals surface area contributed by atoms with E-state index < -0.39 is 12.1 Å². The molecule has 0 aromatic carbocycles. The van der Waals surface area contributed by atoms with Crippen LogP contribution in [0.2, 0.25) is 0 Å². The number of aliphatic carboxylic acids is 1. The van der Waals surface area contributed by atoms with Crippen LogP contribution in [0.15, 0.2) is 23.7 Å². The number of fused-ring (bicyclic) bond motifs is 1. The molecule has 2 N–H and O–H groups in total. The van der Waals surface area contributed by atoms with E-state index >= 15 is 0 Å². The average Bonchev–Trinajstić information content (AvgIpc) is 3.25. The van der Waals surface area contributed by atoms with Crippen molar-refractivity contribution in [3.05, 3.63) is 40.1 Å². The molecule has 3 heterocycles. The number of carbonyl (C=O) groups is 2. The van der Waals surface area contributed by atoms with Crippen LogP contribution in [0.25, 0.3) is 0 Å². The Hall–Kier alpha value is -2.40. The molecule has 2 aliphatic rings. The fourth-order valence-corrected chi connectivity index (χ4v) is 3.96. The second-order valence-corrected chi connectivity index (χ2v) is 8.31. The summed E-state index contributed by atoms with van der Waals surface area (Å²) in [5.74, 6) is -1.18. The number of rotatable bonds is 5. The molecule has 1 fully saturated rings. The number of imidazole rings is 1. The highest BCUT2D eigenvalue weighted by Crippen LogP contribution is 2.30. The Kier molecular flexibility index (Phi) is 6.81. The summed E-state index contributed by atoms with van der Waals surface area (Å²) in [4.78, 5) is 29.2. The van der Waals surface area contributed by atoms with E-state index in [1.165, 1.54) is 4.88 Å². The summed E-state index contributed by atoms with van der Waals surface area (Å²) in [7, 11) is 0. The first-order valence-corrected chi connectivity index (χ1v) is 10.4. The second-order valence-electron chi connectivity index (χ2n) is 7.28. The standard InChI is InChI=1S/C17H22N4OS.C2HF3O2/c1-12-16-18-9-14(10-19-17(22)13-4-5-13)21(16)7-6-20(12)11-15-3-2-8-23-15;3-2(4,5)1(6)7/h2-3,8-9,12-13H,4-7,10-11H2,1H3,(H,19,22);(H,6,7). The number of alkyl halides is 3. The van der Waals surface area contributed by atoms with Crippen LogP contribution in [-0.4, -0.2) is 44.2 Å². The molecule has 2 aromatic heterocycles. The van der Waals surface area contributed by atoms with Crippen LogP contribution in [0.4, 0.5) is 13.2 Å². The van der Waals surface area contributed by atoms with Crippen LogP contribution >= 0.6 is 11.3 Å². The molecule has 1 saturated carbocycles. The predicted octanol–water partition coefficient (Wildman–Crippen LogP) is 3.18. The Morgan fingerprint density at radius 1 is 1.33 bits per heavy atom. The van der Waals surface area contributed by atoms with Gasteiger partial charge in [-0.25, -0.2) is 9.78 Å². The van der Waals surface area contributed by atoms with E-state index in [1.807, 2.05) is 17.5 Å². The topological polar surface area (TPSA) is 87.5 Å². The minimum atomic E-state index is -5.08. The smallest absolute Gasteiger partial charge is 0.475 e. The van der Waals surface area contributed by atoms with Crippen LogP contribution in [0.3, 0.4) is 0 Å². The highest BCUT2D eigenvalue weighted by molar-refractivity contribution is 7.09. The number of hydrogen-bond acceptors (Lipinski definition) is 5. The number of thiophene rings is 1. The molecule has 0 bridgehead atoms. The number of nitrogens with one attached hydrogen (secondary N) is 1. The molecule has 7 nitrogen and oxygen atoms in total. The third-order valence-electron chi connectivity index (χ3n) is 5.07. The molecule has 4 rings (SSSR count). The van der Waals surface area contributed by atoms with Crippen molar-refractivity contribution >= 4 is 23.2 Å². The Bertz CT molecular complexity index is 878. The first-order valence-electron chi connectivity index (χ1n) is 9.55. The number of nitrogens with zero attached hydrogens (tertiary/aromatic N) is 3.